The van der Waals surface area contributed by atoms with Gasteiger partial charge in [0.05, 0.1) is 32.7 Å². The van der Waals surface area contributed by atoms with Gasteiger partial charge >= 0.3 is 17.9 Å². The van der Waals surface area contributed by atoms with Crippen LogP contribution in [0.1, 0.15) is 5.56 Å². The van der Waals surface area contributed by atoms with Crippen molar-refractivity contribution in [3.8, 4) is 0 Å². The molecule has 0 aliphatic heterocycles. The van der Waals surface area contributed by atoms with E-state index in [4.69, 9.17) is 27.6 Å². The number of amides is 1. The molecule has 0 saturated heterocycles. The lowest BCUT2D eigenvalue weighted by Gasteiger charge is -2.27. The van der Waals surface area contributed by atoms with Gasteiger partial charge in [0.2, 0.25) is 5.91 Å². The fraction of sp³-hybridized carbons (Fsp3) is 0.379. The number of nitrogens with one attached hydrogen (secondary N) is 3. The Morgan fingerprint density at radius 2 is 1.19 bits per heavy atom. The summed E-state index contributed by atoms with van der Waals surface area (Å²) in [5.41, 5.74) is 2.32. The molecular formula is C29H41N7O9S2. The summed E-state index contributed by atoms with van der Waals surface area (Å²) in [6.45, 7) is -1.03. The summed E-state index contributed by atoms with van der Waals surface area (Å²) < 4.78 is 0. The van der Waals surface area contributed by atoms with E-state index >= 15 is 0 Å². The summed E-state index contributed by atoms with van der Waals surface area (Å²) in [6, 6.07) is 14.6. The predicted molar refractivity (Wildman–Crippen MR) is 181 cm³/mol. The van der Waals surface area contributed by atoms with E-state index in [1.54, 1.807) is 24.3 Å². The second-order valence-electron chi connectivity index (χ2n) is 9.76. The first kappa shape index (κ1) is 40.9. The van der Waals surface area contributed by atoms with Crippen LogP contribution in [0.25, 0.3) is 0 Å². The highest BCUT2D eigenvalue weighted by Gasteiger charge is 2.18. The topological polar surface area (TPSA) is 238 Å². The molecule has 0 aromatic heterocycles. The molecule has 2 rings (SSSR count). The van der Waals surface area contributed by atoms with Crippen LogP contribution in [0.3, 0.4) is 0 Å². The zero-order valence-corrected chi connectivity index (χ0v) is 27.5. The van der Waals surface area contributed by atoms with Crippen LogP contribution >= 0.6 is 24.2 Å². The minimum atomic E-state index is -1.16. The van der Waals surface area contributed by atoms with E-state index in [0.717, 1.165) is 40.9 Å². The van der Waals surface area contributed by atoms with Gasteiger partial charge in [-0.3, -0.25) is 39.0 Å². The zero-order valence-electron chi connectivity index (χ0n) is 25.8. The average molecular weight is 696 g/mol. The number of aldehydes is 1. The maximum Gasteiger partial charge on any atom is 0.317 e. The maximum absolute atomic E-state index is 12.7. The number of carbonyl (C=O) groups is 5. The van der Waals surface area contributed by atoms with E-state index in [2.05, 4.69) is 16.0 Å². The van der Waals surface area contributed by atoms with Crippen molar-refractivity contribution in [1.82, 2.24) is 20.0 Å². The molecular weight excluding hydrogens is 654 g/mol. The number of aliphatic carboxylic acids is 3. The molecule has 16 nitrogen and oxygen atoms in total. The smallest absolute Gasteiger partial charge is 0.317 e. The van der Waals surface area contributed by atoms with Crippen molar-refractivity contribution < 1.29 is 44.4 Å². The lowest BCUT2D eigenvalue weighted by molar-refractivity contribution is -0.140. The maximum atomic E-state index is 12.7. The Bertz CT molecular complexity index is 1300. The van der Waals surface area contributed by atoms with Crippen LogP contribution < -0.4 is 21.1 Å². The second-order valence-corrected chi connectivity index (χ2v) is 10.9. The van der Waals surface area contributed by atoms with Crippen LogP contribution in [0.2, 0.25) is 0 Å². The third-order valence-electron chi connectivity index (χ3n) is 6.19. The van der Waals surface area contributed by atoms with Crippen LogP contribution in [-0.2, 0) is 30.5 Å². The standard InChI is InChI=1S/C28H37N7O8S2.CH4O/c29-45-23-7-5-22(6-8-23)32-28(44)31-21-3-1-20(2-4-21)15-30-24(37)16-35(19-27(42)43)12-11-33(17-25(38)39)9-10-34(13-14-36)18-26(40)41;1-2/h1-8,14H,9-13,15-19,29H2,(H,30,37)(H,38,39)(H,40,41)(H,42,43)(H2,31,32,44);2H,1H3. The predicted octanol–water partition coefficient (Wildman–Crippen LogP) is 0.0447. The van der Waals surface area contributed by atoms with Crippen LogP contribution in [0.15, 0.2) is 53.4 Å². The molecule has 0 aliphatic carbocycles. The third kappa shape index (κ3) is 18.5. The number of hydrogen-bond donors (Lipinski definition) is 8. The number of carbonyl (C=O) groups excluding carboxylic acids is 2. The Morgan fingerprint density at radius 1 is 0.745 bits per heavy atom. The lowest BCUT2D eigenvalue weighted by atomic mass is 10.2. The zero-order chi connectivity index (χ0) is 35.2. The minimum Gasteiger partial charge on any atom is -0.480 e. The molecule has 2 aromatic carbocycles. The highest BCUT2D eigenvalue weighted by Crippen LogP contribution is 2.16. The first-order valence-corrected chi connectivity index (χ1v) is 15.4. The summed E-state index contributed by atoms with van der Waals surface area (Å²) in [7, 11) is 1.00. The molecule has 0 radical (unpaired) electrons. The van der Waals surface area contributed by atoms with Gasteiger partial charge in [-0.1, -0.05) is 12.1 Å². The van der Waals surface area contributed by atoms with Crippen molar-refractivity contribution in [3.05, 3.63) is 54.1 Å². The number of aliphatic hydroxyl groups is 1. The highest BCUT2D eigenvalue weighted by atomic mass is 32.2. The first-order chi connectivity index (χ1) is 22.5. The average Bonchev–Trinajstić information content (AvgIpc) is 3.02. The molecule has 0 atom stereocenters. The van der Waals surface area contributed by atoms with E-state index in [1.165, 1.54) is 14.7 Å². The van der Waals surface area contributed by atoms with Crippen molar-refractivity contribution in [2.75, 3.05) is 76.6 Å². The Morgan fingerprint density at radius 3 is 1.68 bits per heavy atom. The van der Waals surface area contributed by atoms with Gasteiger partial charge in [-0.05, 0) is 66.1 Å². The minimum absolute atomic E-state index is 0.0596. The van der Waals surface area contributed by atoms with Gasteiger partial charge in [-0.15, -0.1) is 0 Å². The number of hydrogen-bond acceptors (Lipinski definition) is 12. The number of carboxylic acid groups (broad SMARTS) is 3. The summed E-state index contributed by atoms with van der Waals surface area (Å²) >= 11 is 6.50. The fourth-order valence-electron chi connectivity index (χ4n) is 4.04. The summed E-state index contributed by atoms with van der Waals surface area (Å²) in [5, 5.41) is 49.4. The summed E-state index contributed by atoms with van der Waals surface area (Å²) in [5.74, 6) is -3.84. The highest BCUT2D eigenvalue weighted by molar-refractivity contribution is 7.97. The SMILES string of the molecule is CO.NSc1ccc(NC(=S)Nc2ccc(CNC(=O)CN(CCN(CCN(CC=O)CC(=O)O)CC(=O)O)CC(=O)O)cc2)cc1. The number of thiocarbonyl (C=S) groups is 1. The molecule has 0 aliphatic rings. The van der Waals surface area contributed by atoms with Gasteiger partial charge in [-0.2, -0.15) is 0 Å². The normalized spacial score (nSPS) is 10.6. The van der Waals surface area contributed by atoms with E-state index in [0.29, 0.717) is 11.4 Å². The molecule has 0 saturated carbocycles. The fourth-order valence-corrected chi connectivity index (χ4v) is 4.57. The number of rotatable bonds is 21. The first-order valence-electron chi connectivity index (χ1n) is 14.1. The van der Waals surface area contributed by atoms with Crippen LogP contribution in [-0.4, -0.2) is 136 Å². The number of benzene rings is 2. The number of aliphatic hydroxyl groups excluding tert-OH is 1. The Kier molecular flexibility index (Phi) is 20.2. The van der Waals surface area contributed by atoms with Crippen molar-refractivity contribution in [2.24, 2.45) is 5.14 Å². The third-order valence-corrected chi connectivity index (χ3v) is 6.94. The molecule has 47 heavy (non-hydrogen) atoms. The van der Waals surface area contributed by atoms with Crippen LogP contribution in [0.4, 0.5) is 11.4 Å². The lowest BCUT2D eigenvalue weighted by Crippen LogP contribution is -2.46. The Balaban J connectivity index is 0.00000541. The molecule has 1 amide bonds. The van der Waals surface area contributed by atoms with Gasteiger partial charge in [0.15, 0.2) is 5.11 Å². The van der Waals surface area contributed by atoms with Gasteiger partial charge in [-0.25, -0.2) is 0 Å². The van der Waals surface area contributed by atoms with E-state index < -0.39 is 30.4 Å². The largest absolute Gasteiger partial charge is 0.480 e. The molecule has 0 spiro atoms. The molecule has 18 heteroatoms. The Labute approximate surface area is 282 Å². The van der Waals surface area contributed by atoms with Gasteiger partial charge in [0, 0.05) is 56.1 Å². The van der Waals surface area contributed by atoms with E-state index in [9.17, 15) is 34.2 Å². The molecule has 0 heterocycles. The monoisotopic (exact) mass is 695 g/mol. The van der Waals surface area contributed by atoms with Gasteiger partial charge < -0.3 is 41.2 Å². The summed E-state index contributed by atoms with van der Waals surface area (Å²) in [6.07, 6.45) is 0.556. The van der Waals surface area contributed by atoms with Crippen LogP contribution in [0, 0.1) is 0 Å². The molecule has 9 N–H and O–H groups in total. The van der Waals surface area contributed by atoms with Crippen molar-refractivity contribution in [2.45, 2.75) is 11.4 Å². The summed E-state index contributed by atoms with van der Waals surface area (Å²) in [4.78, 5) is 62.4. The second kappa shape index (κ2) is 23.2. The number of anilines is 2. The number of carboxylic acids is 3. The van der Waals surface area contributed by atoms with Crippen molar-refractivity contribution >= 4 is 70.8 Å². The van der Waals surface area contributed by atoms with Crippen molar-refractivity contribution in [1.29, 1.82) is 0 Å². The number of nitrogens with two attached hydrogens (primary N) is 1. The van der Waals surface area contributed by atoms with Gasteiger partial charge in [0.25, 0.3) is 0 Å². The van der Waals surface area contributed by atoms with Crippen molar-refractivity contribution in [3.63, 3.8) is 0 Å². The molecule has 258 valence electrons. The van der Waals surface area contributed by atoms with E-state index in [-0.39, 0.29) is 58.9 Å². The quantitative estimate of drug-likeness (QED) is 0.0489. The molecule has 0 unspecified atom stereocenters. The molecule has 0 bridgehead atoms. The van der Waals surface area contributed by atoms with E-state index in [1.807, 2.05) is 24.3 Å². The Hall–Kier alpha value is -4.17. The molecule has 2 aromatic rings. The number of nitrogens with zero attached hydrogens (tertiary/aromatic N) is 3. The van der Waals surface area contributed by atoms with Crippen LogP contribution in [0.5, 0.6) is 0 Å². The van der Waals surface area contributed by atoms with Gasteiger partial charge in [0.1, 0.15) is 6.29 Å². The molecule has 0 fully saturated rings.